The summed E-state index contributed by atoms with van der Waals surface area (Å²) in [7, 11) is 1.36. The van der Waals surface area contributed by atoms with Gasteiger partial charge in [-0.3, -0.25) is 9.59 Å². The first-order chi connectivity index (χ1) is 17.5. The summed E-state index contributed by atoms with van der Waals surface area (Å²) in [6, 6.07) is 17.0. The first-order valence-electron chi connectivity index (χ1n) is 11.9. The molecular weight excluding hydrogens is 458 g/mol. The maximum absolute atomic E-state index is 13.7. The van der Waals surface area contributed by atoms with Crippen LogP contribution in [0.25, 0.3) is 17.0 Å². The number of likely N-dealkylation sites (tertiary alicyclic amines) is 1. The van der Waals surface area contributed by atoms with Gasteiger partial charge in [-0.1, -0.05) is 42.5 Å². The molecule has 1 aliphatic rings. The van der Waals surface area contributed by atoms with Crippen molar-refractivity contribution in [2.75, 3.05) is 13.7 Å². The van der Waals surface area contributed by atoms with E-state index >= 15 is 0 Å². The number of ether oxygens (including phenoxy) is 1. The Hall–Kier alpha value is -4.27. The third-order valence-corrected chi connectivity index (χ3v) is 6.55. The van der Waals surface area contributed by atoms with Crippen molar-refractivity contribution < 1.29 is 18.7 Å². The molecule has 1 amide bonds. The molecule has 36 heavy (non-hydrogen) atoms. The van der Waals surface area contributed by atoms with Crippen LogP contribution in [0.15, 0.2) is 71.4 Å². The summed E-state index contributed by atoms with van der Waals surface area (Å²) < 4.78 is 11.1. The number of aromatic nitrogens is 4. The van der Waals surface area contributed by atoms with E-state index in [1.165, 1.54) is 11.9 Å². The van der Waals surface area contributed by atoms with Crippen LogP contribution in [0.4, 0.5) is 0 Å². The average Bonchev–Trinajstić information content (AvgIpc) is 3.60. The van der Waals surface area contributed by atoms with Crippen molar-refractivity contribution >= 4 is 11.9 Å². The van der Waals surface area contributed by atoms with Crippen LogP contribution in [0.5, 0.6) is 0 Å². The molecule has 5 rings (SSSR count). The van der Waals surface area contributed by atoms with Crippen molar-refractivity contribution in [3.8, 4) is 17.0 Å². The minimum absolute atomic E-state index is 0.0141. The summed E-state index contributed by atoms with van der Waals surface area (Å²) in [5.74, 6) is 0.505. The number of esters is 1. The van der Waals surface area contributed by atoms with Crippen molar-refractivity contribution in [2.45, 2.75) is 38.1 Å². The van der Waals surface area contributed by atoms with Crippen molar-refractivity contribution in [1.29, 1.82) is 0 Å². The normalized spacial score (nSPS) is 17.7. The average molecular weight is 486 g/mol. The molecule has 2 aromatic carbocycles. The molecule has 2 aromatic heterocycles. The van der Waals surface area contributed by atoms with Crippen LogP contribution in [-0.2, 0) is 16.0 Å². The number of benzene rings is 2. The van der Waals surface area contributed by atoms with E-state index < -0.39 is 0 Å². The SMILES string of the molecule is COC(=O)Cc1nc(C2CCC(C)N(C(=O)c3ccccc3-n3nccn3)C2)oc1-c1ccccc1. The molecule has 2 unspecified atom stereocenters. The zero-order chi connectivity index (χ0) is 25.1. The highest BCUT2D eigenvalue weighted by Crippen LogP contribution is 2.35. The van der Waals surface area contributed by atoms with Gasteiger partial charge in [-0.25, -0.2) is 4.98 Å². The topological polar surface area (TPSA) is 103 Å². The molecule has 1 fully saturated rings. The molecule has 0 N–H and O–H groups in total. The number of carbonyl (C=O) groups is 2. The maximum Gasteiger partial charge on any atom is 0.311 e. The Morgan fingerprint density at radius 1 is 1.03 bits per heavy atom. The van der Waals surface area contributed by atoms with Gasteiger partial charge in [-0.15, -0.1) is 0 Å². The molecule has 4 aromatic rings. The van der Waals surface area contributed by atoms with Gasteiger partial charge in [0.25, 0.3) is 5.91 Å². The van der Waals surface area contributed by atoms with Gasteiger partial charge < -0.3 is 14.1 Å². The minimum Gasteiger partial charge on any atom is -0.469 e. The quantitative estimate of drug-likeness (QED) is 0.380. The van der Waals surface area contributed by atoms with Crippen molar-refractivity contribution in [3.63, 3.8) is 0 Å². The monoisotopic (exact) mass is 485 g/mol. The van der Waals surface area contributed by atoms with Crippen LogP contribution in [0.2, 0.25) is 0 Å². The molecule has 1 aliphatic heterocycles. The van der Waals surface area contributed by atoms with E-state index in [1.54, 1.807) is 18.5 Å². The summed E-state index contributed by atoms with van der Waals surface area (Å²) in [6.07, 6.45) is 4.80. The van der Waals surface area contributed by atoms with Gasteiger partial charge in [0.05, 0.1) is 48.8 Å². The largest absolute Gasteiger partial charge is 0.469 e. The number of rotatable bonds is 6. The molecule has 0 saturated carbocycles. The number of nitrogens with zero attached hydrogens (tertiary/aromatic N) is 5. The van der Waals surface area contributed by atoms with Gasteiger partial charge in [0.15, 0.2) is 11.7 Å². The van der Waals surface area contributed by atoms with E-state index in [9.17, 15) is 9.59 Å². The van der Waals surface area contributed by atoms with Crippen LogP contribution < -0.4 is 0 Å². The van der Waals surface area contributed by atoms with Crippen LogP contribution in [0.1, 0.15) is 47.6 Å². The van der Waals surface area contributed by atoms with Crippen LogP contribution in [0, 0.1) is 0 Å². The number of carbonyl (C=O) groups excluding carboxylic acids is 2. The Balaban J connectivity index is 1.45. The summed E-state index contributed by atoms with van der Waals surface area (Å²) in [4.78, 5) is 33.8. The number of hydrogen-bond donors (Lipinski definition) is 0. The second-order valence-corrected chi connectivity index (χ2v) is 8.86. The molecule has 9 nitrogen and oxygen atoms in total. The molecule has 3 heterocycles. The van der Waals surface area contributed by atoms with E-state index in [1.807, 2.05) is 53.4 Å². The molecular formula is C27H27N5O4. The van der Waals surface area contributed by atoms with Gasteiger partial charge in [-0.2, -0.15) is 15.0 Å². The highest BCUT2D eigenvalue weighted by molar-refractivity contribution is 5.98. The number of amides is 1. The summed E-state index contributed by atoms with van der Waals surface area (Å²) in [5, 5.41) is 8.40. The predicted octanol–water partition coefficient (Wildman–Crippen LogP) is 4.05. The summed E-state index contributed by atoms with van der Waals surface area (Å²) >= 11 is 0. The molecule has 0 spiro atoms. The Morgan fingerprint density at radius 3 is 2.50 bits per heavy atom. The number of hydrogen-bond acceptors (Lipinski definition) is 7. The lowest BCUT2D eigenvalue weighted by atomic mass is 9.92. The van der Waals surface area contributed by atoms with E-state index in [2.05, 4.69) is 17.1 Å². The number of piperidine rings is 1. The zero-order valence-corrected chi connectivity index (χ0v) is 20.2. The number of para-hydroxylation sites is 1. The molecule has 2 atom stereocenters. The first-order valence-corrected chi connectivity index (χ1v) is 11.9. The predicted molar refractivity (Wildman–Crippen MR) is 131 cm³/mol. The van der Waals surface area contributed by atoms with Crippen molar-refractivity contribution in [2.24, 2.45) is 0 Å². The lowest BCUT2D eigenvalue weighted by Crippen LogP contribution is -2.45. The highest BCUT2D eigenvalue weighted by atomic mass is 16.5. The fourth-order valence-corrected chi connectivity index (χ4v) is 4.60. The van der Waals surface area contributed by atoms with Gasteiger partial charge in [0.1, 0.15) is 0 Å². The first kappa shape index (κ1) is 23.5. The summed E-state index contributed by atoms with van der Waals surface area (Å²) in [5.41, 5.74) is 2.54. The Kier molecular flexibility index (Phi) is 6.62. The van der Waals surface area contributed by atoms with Crippen LogP contribution >= 0.6 is 0 Å². The van der Waals surface area contributed by atoms with E-state index in [0.29, 0.717) is 35.1 Å². The second kappa shape index (κ2) is 10.2. The standard InChI is InChI=1S/C27H27N5O4/c1-18-12-13-20(17-31(18)27(34)21-10-6-7-11-23(21)32-28-14-15-29-32)26-30-22(16-24(33)35-2)25(36-26)19-8-4-3-5-9-19/h3-11,14-15,18,20H,12-13,16-17H2,1-2H3. The van der Waals surface area contributed by atoms with Crippen molar-refractivity contribution in [3.05, 3.63) is 84.1 Å². The smallest absolute Gasteiger partial charge is 0.311 e. The molecule has 0 radical (unpaired) electrons. The fourth-order valence-electron chi connectivity index (χ4n) is 4.60. The third kappa shape index (κ3) is 4.64. The van der Waals surface area contributed by atoms with Crippen LogP contribution in [0.3, 0.4) is 0 Å². The lowest BCUT2D eigenvalue weighted by Gasteiger charge is -2.37. The van der Waals surface area contributed by atoms with E-state index in [-0.39, 0.29) is 30.3 Å². The maximum atomic E-state index is 13.7. The minimum atomic E-state index is -0.384. The molecule has 0 bridgehead atoms. The van der Waals surface area contributed by atoms with E-state index in [4.69, 9.17) is 14.1 Å². The fraction of sp³-hybridized carbons (Fsp3) is 0.296. The van der Waals surface area contributed by atoms with E-state index in [0.717, 1.165) is 18.4 Å². The lowest BCUT2D eigenvalue weighted by molar-refractivity contribution is -0.139. The Labute approximate surface area is 208 Å². The molecule has 184 valence electrons. The van der Waals surface area contributed by atoms with Gasteiger partial charge in [-0.05, 0) is 31.9 Å². The number of oxazole rings is 1. The second-order valence-electron chi connectivity index (χ2n) is 8.86. The Morgan fingerprint density at radius 2 is 1.75 bits per heavy atom. The van der Waals surface area contributed by atoms with Gasteiger partial charge >= 0.3 is 5.97 Å². The zero-order valence-electron chi connectivity index (χ0n) is 20.2. The third-order valence-electron chi connectivity index (χ3n) is 6.55. The van der Waals surface area contributed by atoms with Gasteiger partial charge in [0.2, 0.25) is 0 Å². The Bertz CT molecular complexity index is 1350. The number of methoxy groups -OCH3 is 1. The van der Waals surface area contributed by atoms with Gasteiger partial charge in [0, 0.05) is 18.2 Å². The molecule has 9 heteroatoms. The summed E-state index contributed by atoms with van der Waals surface area (Å²) in [6.45, 7) is 2.50. The highest BCUT2D eigenvalue weighted by Gasteiger charge is 2.34. The van der Waals surface area contributed by atoms with Crippen LogP contribution in [-0.4, -0.2) is 56.5 Å². The molecule has 0 aliphatic carbocycles. The molecule has 1 saturated heterocycles. The van der Waals surface area contributed by atoms with Crippen molar-refractivity contribution in [1.82, 2.24) is 24.9 Å².